The van der Waals surface area contributed by atoms with Gasteiger partial charge in [0.05, 0.1) is 0 Å². The van der Waals surface area contributed by atoms with E-state index in [1.54, 1.807) is 0 Å². The second kappa shape index (κ2) is 6.31. The summed E-state index contributed by atoms with van der Waals surface area (Å²) in [7, 11) is 0. The van der Waals surface area contributed by atoms with E-state index in [0.29, 0.717) is 0 Å². The van der Waals surface area contributed by atoms with Crippen LogP contribution in [-0.4, -0.2) is 44.0 Å². The van der Waals surface area contributed by atoms with Gasteiger partial charge in [0.25, 0.3) is 5.91 Å². The molecule has 4 N–H and O–H groups in total. The molecule has 1 aromatic rings. The smallest absolute Gasteiger partial charge is 0.326 e. The monoisotopic (exact) mass is 285 g/mol. The number of carbonyl (C=O) groups excluding carboxylic acids is 1. The van der Waals surface area contributed by atoms with Crippen LogP contribution < -0.4 is 5.32 Å². The van der Waals surface area contributed by atoms with Crippen LogP contribution in [0.1, 0.15) is 23.3 Å². The Bertz CT molecular complexity index is 551. The molecule has 10 nitrogen and oxygen atoms in total. The second-order valence-electron chi connectivity index (χ2n) is 3.81. The van der Waals surface area contributed by atoms with Gasteiger partial charge in [0.15, 0.2) is 5.69 Å². The number of aromatic nitrogens is 1. The van der Waals surface area contributed by atoms with Crippen LogP contribution >= 0.6 is 0 Å². The van der Waals surface area contributed by atoms with Crippen molar-refractivity contribution in [2.75, 3.05) is 0 Å². The summed E-state index contributed by atoms with van der Waals surface area (Å²) in [6.45, 7) is 0. The maximum atomic E-state index is 11.7. The highest BCUT2D eigenvalue weighted by Gasteiger charge is 2.24. The fourth-order valence-corrected chi connectivity index (χ4v) is 1.38. The summed E-state index contributed by atoms with van der Waals surface area (Å²) in [4.78, 5) is 44.8. The molecule has 1 heterocycles. The van der Waals surface area contributed by atoms with Gasteiger partial charge in [0.2, 0.25) is 0 Å². The number of nitrogens with one attached hydrogen (secondary N) is 2. The molecular formula is C10H11N3O7. The standard InChI is InChI=1S/C10H11N3O7/c14-8(15)4-2-6(10(17)18)12-9(16)5-1-3-7(11-5)13(19)20/h1,3,6,11H,2,4H2,(H,12,16)(H,14,15)(H,17,18). The second-order valence-corrected chi connectivity index (χ2v) is 3.81. The zero-order chi connectivity index (χ0) is 15.3. The molecular weight excluding hydrogens is 274 g/mol. The fraction of sp³-hybridized carbons (Fsp3) is 0.300. The van der Waals surface area contributed by atoms with Crippen LogP contribution in [0.25, 0.3) is 0 Å². The van der Waals surface area contributed by atoms with Crippen LogP contribution in [0.15, 0.2) is 12.1 Å². The van der Waals surface area contributed by atoms with E-state index < -0.39 is 41.0 Å². The molecule has 1 rings (SSSR count). The van der Waals surface area contributed by atoms with Crippen molar-refractivity contribution in [3.8, 4) is 0 Å². The maximum absolute atomic E-state index is 11.7. The highest BCUT2D eigenvalue weighted by molar-refractivity contribution is 5.95. The van der Waals surface area contributed by atoms with Gasteiger partial charge in [-0.15, -0.1) is 0 Å². The summed E-state index contributed by atoms with van der Waals surface area (Å²) in [5, 5.41) is 29.8. The molecule has 0 aliphatic carbocycles. The van der Waals surface area contributed by atoms with Crippen LogP contribution in [0.3, 0.4) is 0 Å². The summed E-state index contributed by atoms with van der Waals surface area (Å²) in [5.41, 5.74) is -0.182. The molecule has 1 aromatic heterocycles. The number of nitro groups is 1. The fourth-order valence-electron chi connectivity index (χ4n) is 1.38. The van der Waals surface area contributed by atoms with Gasteiger partial charge >= 0.3 is 17.8 Å². The van der Waals surface area contributed by atoms with Gasteiger partial charge in [-0.2, -0.15) is 0 Å². The van der Waals surface area contributed by atoms with Crippen LogP contribution in [0.4, 0.5) is 5.82 Å². The summed E-state index contributed by atoms with van der Waals surface area (Å²) < 4.78 is 0. The van der Waals surface area contributed by atoms with Gasteiger partial charge in [0.1, 0.15) is 6.04 Å². The number of hydrogen-bond donors (Lipinski definition) is 4. The van der Waals surface area contributed by atoms with Crippen LogP contribution in [0.5, 0.6) is 0 Å². The minimum Gasteiger partial charge on any atom is -0.481 e. The molecule has 1 unspecified atom stereocenters. The Hall–Kier alpha value is -2.91. The number of carboxylic acids is 2. The highest BCUT2D eigenvalue weighted by Crippen LogP contribution is 2.10. The molecule has 0 saturated carbocycles. The Balaban J connectivity index is 2.72. The van der Waals surface area contributed by atoms with Gasteiger partial charge in [-0.25, -0.2) is 9.78 Å². The quantitative estimate of drug-likeness (QED) is 0.403. The lowest BCUT2D eigenvalue weighted by molar-refractivity contribution is -0.389. The van der Waals surface area contributed by atoms with Crippen molar-refractivity contribution in [2.45, 2.75) is 18.9 Å². The number of H-pyrrole nitrogens is 1. The van der Waals surface area contributed by atoms with Gasteiger partial charge in [-0.05, 0) is 17.4 Å². The van der Waals surface area contributed by atoms with Gasteiger partial charge < -0.3 is 25.6 Å². The summed E-state index contributed by atoms with van der Waals surface area (Å²) in [5.74, 6) is -3.86. The third kappa shape index (κ3) is 4.08. The lowest BCUT2D eigenvalue weighted by atomic mass is 10.1. The Morgan fingerprint density at radius 3 is 2.45 bits per heavy atom. The topological polar surface area (TPSA) is 163 Å². The number of aliphatic carboxylic acids is 2. The number of nitrogens with zero attached hydrogens (tertiary/aromatic N) is 1. The molecule has 0 aliphatic rings. The number of aromatic amines is 1. The normalized spacial score (nSPS) is 11.6. The molecule has 0 fully saturated rings. The van der Waals surface area contributed by atoms with E-state index >= 15 is 0 Å². The summed E-state index contributed by atoms with van der Waals surface area (Å²) in [6.07, 6.45) is -0.721. The van der Waals surface area contributed by atoms with Crippen molar-refractivity contribution in [2.24, 2.45) is 0 Å². The van der Waals surface area contributed by atoms with Gasteiger partial charge in [-0.3, -0.25) is 9.59 Å². The van der Waals surface area contributed by atoms with E-state index in [9.17, 15) is 24.5 Å². The summed E-state index contributed by atoms with van der Waals surface area (Å²) in [6, 6.07) is 0.798. The van der Waals surface area contributed by atoms with Crippen LogP contribution in [0, 0.1) is 10.1 Å². The van der Waals surface area contributed by atoms with Gasteiger partial charge in [-0.1, -0.05) is 0 Å². The Labute approximate surface area is 111 Å². The van der Waals surface area contributed by atoms with Gasteiger partial charge in [0, 0.05) is 12.5 Å². The minimum atomic E-state index is -1.39. The van der Waals surface area contributed by atoms with E-state index in [1.165, 1.54) is 0 Å². The number of amides is 1. The van der Waals surface area contributed by atoms with E-state index in [-0.39, 0.29) is 12.1 Å². The Kier molecular flexibility index (Phi) is 4.78. The predicted molar refractivity (Wildman–Crippen MR) is 63.2 cm³/mol. The lowest BCUT2D eigenvalue weighted by Gasteiger charge is -2.11. The first-order valence-electron chi connectivity index (χ1n) is 5.40. The molecule has 1 atom stereocenters. The van der Waals surface area contributed by atoms with E-state index in [4.69, 9.17) is 10.2 Å². The molecule has 0 aromatic carbocycles. The minimum absolute atomic E-state index is 0.182. The number of hydrogen-bond acceptors (Lipinski definition) is 5. The first-order chi connectivity index (χ1) is 9.31. The Morgan fingerprint density at radius 1 is 1.35 bits per heavy atom. The largest absolute Gasteiger partial charge is 0.481 e. The zero-order valence-electron chi connectivity index (χ0n) is 10.0. The molecule has 0 spiro atoms. The third-order valence-electron chi connectivity index (χ3n) is 2.36. The maximum Gasteiger partial charge on any atom is 0.326 e. The molecule has 0 aliphatic heterocycles. The van der Waals surface area contributed by atoms with E-state index in [1.807, 2.05) is 0 Å². The van der Waals surface area contributed by atoms with Crippen molar-refractivity contribution in [3.63, 3.8) is 0 Å². The third-order valence-corrected chi connectivity index (χ3v) is 2.36. The molecule has 20 heavy (non-hydrogen) atoms. The van der Waals surface area contributed by atoms with Crippen molar-refractivity contribution in [3.05, 3.63) is 27.9 Å². The lowest BCUT2D eigenvalue weighted by Crippen LogP contribution is -2.41. The Morgan fingerprint density at radius 2 is 2.00 bits per heavy atom. The van der Waals surface area contributed by atoms with Crippen molar-refractivity contribution < 1.29 is 29.5 Å². The van der Waals surface area contributed by atoms with Crippen molar-refractivity contribution in [1.82, 2.24) is 10.3 Å². The van der Waals surface area contributed by atoms with Crippen molar-refractivity contribution in [1.29, 1.82) is 0 Å². The zero-order valence-corrected chi connectivity index (χ0v) is 10.0. The summed E-state index contributed by atoms with van der Waals surface area (Å²) >= 11 is 0. The van der Waals surface area contributed by atoms with E-state index in [2.05, 4.69) is 10.3 Å². The number of rotatable bonds is 7. The number of carboxylic acid groups (broad SMARTS) is 2. The molecule has 1 amide bonds. The molecule has 0 radical (unpaired) electrons. The van der Waals surface area contributed by atoms with Crippen LogP contribution in [0.2, 0.25) is 0 Å². The van der Waals surface area contributed by atoms with Crippen molar-refractivity contribution >= 4 is 23.7 Å². The first kappa shape index (κ1) is 15.1. The number of carbonyl (C=O) groups is 3. The van der Waals surface area contributed by atoms with Crippen LogP contribution in [-0.2, 0) is 9.59 Å². The SMILES string of the molecule is O=C(O)CCC(NC(=O)c1ccc([N+](=O)[O-])[nH]1)C(=O)O. The average Bonchev–Trinajstić information content (AvgIpc) is 2.83. The first-order valence-corrected chi connectivity index (χ1v) is 5.40. The predicted octanol–water partition coefficient (Wildman–Crippen LogP) is -0.0293. The average molecular weight is 285 g/mol. The molecule has 108 valence electrons. The molecule has 0 saturated heterocycles. The molecule has 0 bridgehead atoms. The highest BCUT2D eigenvalue weighted by atomic mass is 16.6. The molecule has 10 heteroatoms. The van der Waals surface area contributed by atoms with E-state index in [0.717, 1.165) is 12.1 Å².